The fraction of sp³-hybridized carbons (Fsp3) is 0.435. The number of hydrogen-bond acceptors (Lipinski definition) is 4. The summed E-state index contributed by atoms with van der Waals surface area (Å²) < 4.78 is 5.49. The summed E-state index contributed by atoms with van der Waals surface area (Å²) in [6.45, 7) is 4.11. The Morgan fingerprint density at radius 1 is 0.828 bits per heavy atom. The number of benzene rings is 2. The molecule has 3 N–H and O–H groups in total. The summed E-state index contributed by atoms with van der Waals surface area (Å²) in [5, 5.41) is 10.9. The normalized spacial score (nSPS) is 18.9. The molecule has 0 aliphatic carbocycles. The van der Waals surface area contributed by atoms with Crippen molar-refractivity contribution >= 4 is 34.4 Å². The predicted molar refractivity (Wildman–Crippen MR) is 124 cm³/mol. The Kier molecular flexibility index (Phi) is 6.98. The van der Waals surface area contributed by atoms with E-state index in [-0.39, 0.29) is 0 Å². The summed E-state index contributed by atoms with van der Waals surface area (Å²) in [6.07, 6.45) is 4.62. The van der Waals surface area contributed by atoms with Crippen LogP contribution in [0.3, 0.4) is 0 Å². The highest BCUT2D eigenvalue weighted by atomic mass is 32.1. The number of thiocarbonyl (C=S) groups is 1. The van der Waals surface area contributed by atoms with Crippen molar-refractivity contribution in [2.75, 3.05) is 36.9 Å². The van der Waals surface area contributed by atoms with Crippen LogP contribution in [0.1, 0.15) is 25.7 Å². The average molecular weight is 411 g/mol. The SMILES string of the molecule is S=C(Nc1ccc(Nc2ccccc2)cc1)NC1CCN(C2CCOCC2)CC1. The van der Waals surface area contributed by atoms with Gasteiger partial charge in [0.05, 0.1) is 0 Å². The highest BCUT2D eigenvalue weighted by Gasteiger charge is 2.26. The fourth-order valence-corrected chi connectivity index (χ4v) is 4.42. The minimum Gasteiger partial charge on any atom is -0.381 e. The molecule has 2 aliphatic rings. The fourth-order valence-electron chi connectivity index (χ4n) is 4.14. The topological polar surface area (TPSA) is 48.6 Å². The number of hydrogen-bond donors (Lipinski definition) is 3. The van der Waals surface area contributed by atoms with Crippen molar-refractivity contribution in [3.63, 3.8) is 0 Å². The molecule has 0 saturated carbocycles. The Balaban J connectivity index is 1.21. The first kappa shape index (κ1) is 20.1. The molecule has 0 aromatic heterocycles. The molecule has 0 amide bonds. The molecular formula is C23H30N4OS. The summed E-state index contributed by atoms with van der Waals surface area (Å²) in [4.78, 5) is 2.63. The number of piperidine rings is 1. The van der Waals surface area contributed by atoms with E-state index in [4.69, 9.17) is 17.0 Å². The van der Waals surface area contributed by atoms with Crippen LogP contribution in [0.5, 0.6) is 0 Å². The molecule has 0 atom stereocenters. The number of likely N-dealkylation sites (tertiary alicyclic amines) is 1. The molecule has 2 heterocycles. The van der Waals surface area contributed by atoms with E-state index in [0.29, 0.717) is 17.2 Å². The Labute approximate surface area is 178 Å². The van der Waals surface area contributed by atoms with Crippen molar-refractivity contribution in [1.82, 2.24) is 10.2 Å². The molecule has 0 spiro atoms. The molecular weight excluding hydrogens is 380 g/mol. The van der Waals surface area contributed by atoms with Crippen LogP contribution in [0.25, 0.3) is 0 Å². The monoisotopic (exact) mass is 410 g/mol. The second-order valence-electron chi connectivity index (χ2n) is 7.82. The second-order valence-corrected chi connectivity index (χ2v) is 8.23. The van der Waals surface area contributed by atoms with Gasteiger partial charge in [0.2, 0.25) is 0 Å². The van der Waals surface area contributed by atoms with Crippen molar-refractivity contribution in [2.45, 2.75) is 37.8 Å². The minimum atomic E-state index is 0.449. The summed E-state index contributed by atoms with van der Waals surface area (Å²) in [7, 11) is 0. The molecule has 2 aromatic rings. The van der Waals surface area contributed by atoms with Crippen molar-refractivity contribution < 1.29 is 4.74 Å². The van der Waals surface area contributed by atoms with Gasteiger partial charge >= 0.3 is 0 Å². The van der Waals surface area contributed by atoms with E-state index in [1.165, 1.54) is 12.8 Å². The third kappa shape index (κ3) is 5.92. The van der Waals surface area contributed by atoms with Gasteiger partial charge in [0.15, 0.2) is 5.11 Å². The molecule has 2 aromatic carbocycles. The highest BCUT2D eigenvalue weighted by molar-refractivity contribution is 7.80. The van der Waals surface area contributed by atoms with E-state index in [2.05, 4.69) is 45.1 Å². The molecule has 0 unspecified atom stereocenters. The smallest absolute Gasteiger partial charge is 0.170 e. The zero-order valence-electron chi connectivity index (χ0n) is 16.8. The predicted octanol–water partition coefficient (Wildman–Crippen LogP) is 4.36. The van der Waals surface area contributed by atoms with Gasteiger partial charge in [0.25, 0.3) is 0 Å². The van der Waals surface area contributed by atoms with Crippen LogP contribution >= 0.6 is 12.2 Å². The number of nitrogens with one attached hydrogen (secondary N) is 3. The van der Waals surface area contributed by atoms with Crippen LogP contribution in [-0.4, -0.2) is 48.4 Å². The largest absolute Gasteiger partial charge is 0.381 e. The van der Waals surface area contributed by atoms with Crippen molar-refractivity contribution in [1.29, 1.82) is 0 Å². The lowest BCUT2D eigenvalue weighted by Crippen LogP contribution is -2.49. The number of anilines is 3. The van der Waals surface area contributed by atoms with Crippen LogP contribution in [0.15, 0.2) is 54.6 Å². The maximum absolute atomic E-state index is 5.54. The zero-order valence-corrected chi connectivity index (χ0v) is 17.6. The van der Waals surface area contributed by atoms with Crippen LogP contribution in [0.4, 0.5) is 17.1 Å². The minimum absolute atomic E-state index is 0.449. The Morgan fingerprint density at radius 2 is 1.45 bits per heavy atom. The van der Waals surface area contributed by atoms with Gasteiger partial charge in [-0.3, -0.25) is 0 Å². The Bertz CT molecular complexity index is 769. The first-order valence-electron chi connectivity index (χ1n) is 10.6. The van der Waals surface area contributed by atoms with Gasteiger partial charge in [-0.25, -0.2) is 0 Å². The lowest BCUT2D eigenvalue weighted by Gasteiger charge is -2.39. The molecule has 0 bridgehead atoms. The van der Waals surface area contributed by atoms with Gasteiger partial charge < -0.3 is 25.6 Å². The molecule has 29 heavy (non-hydrogen) atoms. The third-order valence-corrected chi connectivity index (χ3v) is 6.00. The van der Waals surface area contributed by atoms with Crippen LogP contribution in [-0.2, 0) is 4.74 Å². The van der Waals surface area contributed by atoms with E-state index in [0.717, 1.165) is 56.2 Å². The molecule has 0 radical (unpaired) electrons. The van der Waals surface area contributed by atoms with Crippen molar-refractivity contribution in [2.24, 2.45) is 0 Å². The number of para-hydroxylation sites is 1. The third-order valence-electron chi connectivity index (χ3n) is 5.78. The number of ether oxygens (including phenoxy) is 1. The van der Waals surface area contributed by atoms with E-state index in [1.807, 2.05) is 30.3 Å². The zero-order chi connectivity index (χ0) is 19.9. The van der Waals surface area contributed by atoms with E-state index in [1.54, 1.807) is 0 Å². The summed E-state index contributed by atoms with van der Waals surface area (Å²) in [6, 6.07) is 19.5. The Hall–Kier alpha value is -2.15. The lowest BCUT2D eigenvalue weighted by molar-refractivity contribution is 0.0247. The quantitative estimate of drug-likeness (QED) is 0.637. The molecule has 5 nitrogen and oxygen atoms in total. The van der Waals surface area contributed by atoms with E-state index >= 15 is 0 Å². The summed E-state index contributed by atoms with van der Waals surface area (Å²) in [5.41, 5.74) is 3.14. The summed E-state index contributed by atoms with van der Waals surface area (Å²) >= 11 is 5.54. The molecule has 2 saturated heterocycles. The molecule has 154 valence electrons. The van der Waals surface area contributed by atoms with Gasteiger partial charge in [-0.15, -0.1) is 0 Å². The van der Waals surface area contributed by atoms with Gasteiger partial charge in [-0.05, 0) is 74.3 Å². The van der Waals surface area contributed by atoms with Crippen molar-refractivity contribution in [3.8, 4) is 0 Å². The number of nitrogens with zero attached hydrogens (tertiary/aromatic N) is 1. The lowest BCUT2D eigenvalue weighted by atomic mass is 10.00. The van der Waals surface area contributed by atoms with Gasteiger partial charge in [0, 0.05) is 55.4 Å². The summed E-state index contributed by atoms with van der Waals surface area (Å²) in [5.74, 6) is 0. The number of rotatable bonds is 5. The maximum atomic E-state index is 5.54. The van der Waals surface area contributed by atoms with Crippen LogP contribution in [0.2, 0.25) is 0 Å². The van der Waals surface area contributed by atoms with E-state index < -0.39 is 0 Å². The Morgan fingerprint density at radius 3 is 2.14 bits per heavy atom. The molecule has 2 aliphatic heterocycles. The molecule has 4 rings (SSSR count). The first-order chi connectivity index (χ1) is 14.3. The van der Waals surface area contributed by atoms with Gasteiger partial charge in [-0.2, -0.15) is 0 Å². The van der Waals surface area contributed by atoms with Crippen molar-refractivity contribution in [3.05, 3.63) is 54.6 Å². The average Bonchev–Trinajstić information content (AvgIpc) is 2.77. The van der Waals surface area contributed by atoms with Crippen LogP contribution < -0.4 is 16.0 Å². The van der Waals surface area contributed by atoms with Gasteiger partial charge in [-0.1, -0.05) is 18.2 Å². The highest BCUT2D eigenvalue weighted by Crippen LogP contribution is 2.21. The standard InChI is InChI=1S/C23H30N4OS/c29-23(26-21-10-14-27(15-11-21)22-12-16-28-17-13-22)25-20-8-6-19(7-9-20)24-18-4-2-1-3-5-18/h1-9,21-22,24H,10-17H2,(H2,25,26,29). The van der Waals surface area contributed by atoms with Crippen LogP contribution in [0, 0.1) is 0 Å². The van der Waals surface area contributed by atoms with E-state index in [9.17, 15) is 0 Å². The molecule has 2 fully saturated rings. The molecule has 6 heteroatoms. The second kappa shape index (κ2) is 10.1. The van der Waals surface area contributed by atoms with Gasteiger partial charge in [0.1, 0.15) is 0 Å². The maximum Gasteiger partial charge on any atom is 0.170 e. The first-order valence-corrected chi connectivity index (χ1v) is 11.0.